The Hall–Kier alpha value is -2.07. The van der Waals surface area contributed by atoms with E-state index in [1.807, 2.05) is 0 Å². The Balaban J connectivity index is 3.13. The van der Waals surface area contributed by atoms with Crippen LogP contribution < -0.4 is 4.90 Å². The van der Waals surface area contributed by atoms with Gasteiger partial charge in [-0.15, -0.1) is 6.42 Å². The number of ether oxygens (including phenoxy) is 2. The number of aromatic nitrogens is 1. The summed E-state index contributed by atoms with van der Waals surface area (Å²) in [5.74, 6) is 2.40. The molecule has 0 saturated heterocycles. The average molecular weight is 324 g/mol. The SMILES string of the molecule is C#Cc1cnc(N(C(=O)OC(C)(C)C)C(=O)OC(C)(C)C)s1. The number of rotatable bonds is 1. The quantitative estimate of drug-likeness (QED) is 0.735. The van der Waals surface area contributed by atoms with Crippen molar-refractivity contribution < 1.29 is 19.1 Å². The lowest BCUT2D eigenvalue weighted by molar-refractivity contribution is 0.0430. The Morgan fingerprint density at radius 2 is 1.59 bits per heavy atom. The lowest BCUT2D eigenvalue weighted by atomic mass is 10.2. The zero-order valence-corrected chi connectivity index (χ0v) is 14.4. The van der Waals surface area contributed by atoms with Crippen LogP contribution in [-0.2, 0) is 9.47 Å². The minimum Gasteiger partial charge on any atom is -0.443 e. The Morgan fingerprint density at radius 1 is 1.14 bits per heavy atom. The summed E-state index contributed by atoms with van der Waals surface area (Å²) >= 11 is 1.03. The van der Waals surface area contributed by atoms with Gasteiger partial charge in [0, 0.05) is 0 Å². The molecule has 6 nitrogen and oxygen atoms in total. The molecule has 22 heavy (non-hydrogen) atoms. The summed E-state index contributed by atoms with van der Waals surface area (Å²) < 4.78 is 10.5. The summed E-state index contributed by atoms with van der Waals surface area (Å²) in [6.07, 6.45) is 4.97. The third-order valence-corrected chi connectivity index (χ3v) is 2.89. The zero-order chi connectivity index (χ0) is 17.1. The second kappa shape index (κ2) is 6.36. The molecule has 2 amide bonds. The van der Waals surface area contributed by atoms with Crippen LogP contribution >= 0.6 is 11.3 Å². The van der Waals surface area contributed by atoms with E-state index in [0.717, 1.165) is 16.2 Å². The maximum absolute atomic E-state index is 12.3. The van der Waals surface area contributed by atoms with Crippen molar-refractivity contribution in [3.8, 4) is 12.3 Å². The second-order valence-electron chi connectivity index (χ2n) is 6.45. The molecule has 0 N–H and O–H groups in total. The average Bonchev–Trinajstić information content (AvgIpc) is 2.72. The van der Waals surface area contributed by atoms with Crippen molar-refractivity contribution in [2.45, 2.75) is 52.7 Å². The summed E-state index contributed by atoms with van der Waals surface area (Å²) in [4.78, 5) is 29.8. The van der Waals surface area contributed by atoms with Gasteiger partial charge in [0.25, 0.3) is 0 Å². The molecule has 1 rings (SSSR count). The highest BCUT2D eigenvalue weighted by molar-refractivity contribution is 7.16. The molecular formula is C15H20N2O4S. The first kappa shape index (κ1) is 18.0. The molecule has 0 fully saturated rings. The van der Waals surface area contributed by atoms with E-state index >= 15 is 0 Å². The van der Waals surface area contributed by atoms with Crippen molar-refractivity contribution in [2.75, 3.05) is 4.90 Å². The fraction of sp³-hybridized carbons (Fsp3) is 0.533. The maximum atomic E-state index is 12.3. The molecule has 1 aromatic heterocycles. The molecule has 120 valence electrons. The topological polar surface area (TPSA) is 68.7 Å². The van der Waals surface area contributed by atoms with Gasteiger partial charge < -0.3 is 9.47 Å². The van der Waals surface area contributed by atoms with Crippen molar-refractivity contribution >= 4 is 28.7 Å². The molecule has 0 aromatic carbocycles. The molecule has 1 aromatic rings. The van der Waals surface area contributed by atoms with Gasteiger partial charge in [0.2, 0.25) is 5.13 Å². The van der Waals surface area contributed by atoms with Crippen LogP contribution in [0.3, 0.4) is 0 Å². The molecule has 0 unspecified atom stereocenters. The van der Waals surface area contributed by atoms with Gasteiger partial charge in [0.1, 0.15) is 11.2 Å². The van der Waals surface area contributed by atoms with Crippen LogP contribution in [0.4, 0.5) is 14.7 Å². The third-order valence-electron chi connectivity index (χ3n) is 1.98. The number of carbonyl (C=O) groups is 2. The van der Waals surface area contributed by atoms with E-state index in [2.05, 4.69) is 10.9 Å². The smallest absolute Gasteiger partial charge is 0.426 e. The molecule has 0 bridgehead atoms. The van der Waals surface area contributed by atoms with Gasteiger partial charge in [-0.25, -0.2) is 14.6 Å². The lowest BCUT2D eigenvalue weighted by Crippen LogP contribution is -2.43. The minimum atomic E-state index is -0.861. The summed E-state index contributed by atoms with van der Waals surface area (Å²) in [6, 6.07) is 0. The van der Waals surface area contributed by atoms with Crippen molar-refractivity contribution in [2.24, 2.45) is 0 Å². The van der Waals surface area contributed by atoms with Crippen LogP contribution in [0.15, 0.2) is 6.20 Å². The van der Waals surface area contributed by atoms with Crippen LogP contribution in [0, 0.1) is 12.3 Å². The second-order valence-corrected chi connectivity index (χ2v) is 7.46. The van der Waals surface area contributed by atoms with Crippen molar-refractivity contribution in [3.63, 3.8) is 0 Å². The molecule has 0 aliphatic carbocycles. The molecule has 0 atom stereocenters. The highest BCUT2D eigenvalue weighted by atomic mass is 32.1. The van der Waals surface area contributed by atoms with Gasteiger partial charge in [-0.1, -0.05) is 17.3 Å². The number of hydrogen-bond acceptors (Lipinski definition) is 6. The third kappa shape index (κ3) is 5.37. The van der Waals surface area contributed by atoms with Gasteiger partial charge in [0.15, 0.2) is 0 Å². The standard InChI is InChI=1S/C15H20N2O4S/c1-8-10-9-16-11(22-10)17(12(18)20-14(2,3)4)13(19)21-15(5,6)7/h1,9H,2-7H3. The number of hydrogen-bond donors (Lipinski definition) is 0. The van der Waals surface area contributed by atoms with Gasteiger partial charge in [-0.2, -0.15) is 4.90 Å². The molecule has 0 radical (unpaired) electrons. The summed E-state index contributed by atoms with van der Waals surface area (Å²) in [5.41, 5.74) is -1.52. The van der Waals surface area contributed by atoms with Gasteiger partial charge in [-0.05, 0) is 41.5 Å². The van der Waals surface area contributed by atoms with E-state index in [4.69, 9.17) is 15.9 Å². The highest BCUT2D eigenvalue weighted by Crippen LogP contribution is 2.26. The first-order valence-electron chi connectivity index (χ1n) is 6.61. The van der Waals surface area contributed by atoms with Crippen molar-refractivity contribution in [1.29, 1.82) is 0 Å². The Kier molecular flexibility index (Phi) is 5.20. The molecule has 1 heterocycles. The number of carbonyl (C=O) groups excluding carboxylic acids is 2. The highest BCUT2D eigenvalue weighted by Gasteiger charge is 2.34. The van der Waals surface area contributed by atoms with Crippen LogP contribution in [0.25, 0.3) is 0 Å². The van der Waals surface area contributed by atoms with E-state index in [-0.39, 0.29) is 5.13 Å². The largest absolute Gasteiger partial charge is 0.443 e. The normalized spacial score (nSPS) is 11.5. The Labute approximate surface area is 134 Å². The van der Waals surface area contributed by atoms with Crippen molar-refractivity contribution in [1.82, 2.24) is 4.98 Å². The predicted molar refractivity (Wildman–Crippen MR) is 85.0 cm³/mol. The number of nitrogens with zero attached hydrogens (tertiary/aromatic N) is 2. The molecule has 7 heteroatoms. The van der Waals surface area contributed by atoms with E-state index < -0.39 is 23.4 Å². The lowest BCUT2D eigenvalue weighted by Gasteiger charge is -2.27. The van der Waals surface area contributed by atoms with E-state index in [1.165, 1.54) is 6.20 Å². The summed E-state index contributed by atoms with van der Waals surface area (Å²) in [7, 11) is 0. The minimum absolute atomic E-state index is 0.108. The van der Waals surface area contributed by atoms with Crippen LogP contribution in [0.5, 0.6) is 0 Å². The van der Waals surface area contributed by atoms with E-state index in [9.17, 15) is 9.59 Å². The monoisotopic (exact) mass is 324 g/mol. The number of terminal acetylenes is 1. The Bertz CT molecular complexity index is 574. The van der Waals surface area contributed by atoms with Crippen LogP contribution in [0.2, 0.25) is 0 Å². The summed E-state index contributed by atoms with van der Waals surface area (Å²) in [5, 5.41) is 0.108. The zero-order valence-electron chi connectivity index (χ0n) is 13.6. The fourth-order valence-corrected chi connectivity index (χ4v) is 1.99. The van der Waals surface area contributed by atoms with E-state index in [0.29, 0.717) is 4.88 Å². The van der Waals surface area contributed by atoms with Crippen molar-refractivity contribution in [3.05, 3.63) is 11.1 Å². The van der Waals surface area contributed by atoms with Crippen LogP contribution in [0.1, 0.15) is 46.4 Å². The fourth-order valence-electron chi connectivity index (χ4n) is 1.28. The number of imide groups is 1. The molecule has 0 spiro atoms. The predicted octanol–water partition coefficient (Wildman–Crippen LogP) is 3.80. The molecule has 0 saturated carbocycles. The molecule has 0 aliphatic heterocycles. The first-order valence-corrected chi connectivity index (χ1v) is 7.43. The van der Waals surface area contributed by atoms with Gasteiger partial charge in [-0.3, -0.25) is 0 Å². The first-order chi connectivity index (χ1) is 9.93. The van der Waals surface area contributed by atoms with Gasteiger partial charge in [0.05, 0.1) is 11.1 Å². The van der Waals surface area contributed by atoms with Gasteiger partial charge >= 0.3 is 12.2 Å². The van der Waals surface area contributed by atoms with Crippen LogP contribution in [-0.4, -0.2) is 28.4 Å². The summed E-state index contributed by atoms with van der Waals surface area (Å²) in [6.45, 7) is 10.2. The van der Waals surface area contributed by atoms with E-state index in [1.54, 1.807) is 41.5 Å². The molecule has 0 aliphatic rings. The number of anilines is 1. The number of thiazole rings is 1. The Morgan fingerprint density at radius 3 is 1.91 bits per heavy atom. The maximum Gasteiger partial charge on any atom is 0.426 e. The molecular weight excluding hydrogens is 304 g/mol. The number of amides is 2.